The fourth-order valence-electron chi connectivity index (χ4n) is 0.902. The first kappa shape index (κ1) is 14.6. The first-order valence-corrected chi connectivity index (χ1v) is 5.68. The third-order valence-electron chi connectivity index (χ3n) is 1.40. The molecule has 0 rings (SSSR count). The third kappa shape index (κ3) is 5.92. The highest BCUT2D eigenvalue weighted by Gasteiger charge is 2.35. The molecule has 0 aromatic heterocycles. The van der Waals surface area contributed by atoms with Gasteiger partial charge in [0.05, 0.1) is 0 Å². The molecule has 92 valence electrons. The van der Waals surface area contributed by atoms with Gasteiger partial charge in [0.25, 0.3) is 10.2 Å². The van der Waals surface area contributed by atoms with Gasteiger partial charge < -0.3 is 5.73 Å². The van der Waals surface area contributed by atoms with Crippen molar-refractivity contribution in [3.63, 3.8) is 0 Å². The average molecular weight is 249 g/mol. The van der Waals surface area contributed by atoms with Crippen molar-refractivity contribution in [2.45, 2.75) is 13.1 Å². The van der Waals surface area contributed by atoms with Gasteiger partial charge in [0.2, 0.25) is 0 Å². The molecule has 0 heterocycles. The Morgan fingerprint density at radius 3 is 2.27 bits per heavy atom. The van der Waals surface area contributed by atoms with Crippen LogP contribution < -0.4 is 10.5 Å². The van der Waals surface area contributed by atoms with Crippen molar-refractivity contribution in [2.75, 3.05) is 26.2 Å². The van der Waals surface area contributed by atoms with E-state index >= 15 is 0 Å². The first-order valence-electron chi connectivity index (χ1n) is 4.24. The van der Waals surface area contributed by atoms with Crippen LogP contribution in [0.3, 0.4) is 0 Å². The van der Waals surface area contributed by atoms with E-state index in [1.54, 1.807) is 0 Å². The van der Waals surface area contributed by atoms with Gasteiger partial charge in [-0.05, 0) is 0 Å². The summed E-state index contributed by atoms with van der Waals surface area (Å²) in [5, 5.41) is 0. The molecule has 0 bridgehead atoms. The average Bonchev–Trinajstić information content (AvgIpc) is 2.01. The van der Waals surface area contributed by atoms with Crippen molar-refractivity contribution >= 4 is 10.2 Å². The molecule has 0 fully saturated rings. The minimum Gasteiger partial charge on any atom is -0.329 e. The van der Waals surface area contributed by atoms with Crippen molar-refractivity contribution in [2.24, 2.45) is 5.73 Å². The Bertz CT molecular complexity index is 278. The summed E-state index contributed by atoms with van der Waals surface area (Å²) < 4.78 is 60.8. The number of nitrogens with one attached hydrogen (secondary N) is 1. The third-order valence-corrected chi connectivity index (χ3v) is 3.05. The maximum absolute atomic E-state index is 12.0. The largest absolute Gasteiger partial charge is 0.402 e. The zero-order chi connectivity index (χ0) is 12.1. The van der Waals surface area contributed by atoms with Crippen LogP contribution in [0, 0.1) is 0 Å². The van der Waals surface area contributed by atoms with Crippen LogP contribution in [0.4, 0.5) is 13.2 Å². The quantitative estimate of drug-likeness (QED) is 0.676. The molecule has 0 saturated carbocycles. The van der Waals surface area contributed by atoms with Crippen molar-refractivity contribution in [3.8, 4) is 0 Å². The number of rotatable bonds is 6. The summed E-state index contributed by atoms with van der Waals surface area (Å²) in [6.45, 7) is -0.553. The van der Waals surface area contributed by atoms with Crippen molar-refractivity contribution in [1.82, 2.24) is 9.03 Å². The molecule has 0 aliphatic heterocycles. The van der Waals surface area contributed by atoms with Crippen molar-refractivity contribution in [1.29, 1.82) is 0 Å². The molecule has 0 atom stereocenters. The lowest BCUT2D eigenvalue weighted by molar-refractivity contribution is -0.136. The van der Waals surface area contributed by atoms with E-state index in [0.29, 0.717) is 0 Å². The Morgan fingerprint density at radius 1 is 1.40 bits per heavy atom. The first-order chi connectivity index (χ1) is 6.73. The highest BCUT2D eigenvalue weighted by Crippen LogP contribution is 2.17. The van der Waals surface area contributed by atoms with E-state index in [2.05, 4.69) is 0 Å². The number of hydrogen-bond donors (Lipinski definition) is 2. The molecule has 15 heavy (non-hydrogen) atoms. The van der Waals surface area contributed by atoms with Gasteiger partial charge in [0.1, 0.15) is 6.54 Å². The molecule has 0 aliphatic carbocycles. The Morgan fingerprint density at radius 2 is 1.93 bits per heavy atom. The van der Waals surface area contributed by atoms with Crippen LogP contribution in [0.1, 0.15) is 6.92 Å². The van der Waals surface area contributed by atoms with Crippen LogP contribution in [0.2, 0.25) is 0 Å². The molecular weight excluding hydrogens is 235 g/mol. The van der Waals surface area contributed by atoms with E-state index in [1.807, 2.05) is 4.72 Å². The van der Waals surface area contributed by atoms with Gasteiger partial charge >= 0.3 is 6.18 Å². The van der Waals surface area contributed by atoms with E-state index in [4.69, 9.17) is 5.73 Å². The molecule has 0 spiro atoms. The number of nitrogens with zero attached hydrogens (tertiary/aromatic N) is 1. The van der Waals surface area contributed by atoms with E-state index in [0.717, 1.165) is 0 Å². The van der Waals surface area contributed by atoms with Crippen LogP contribution in [-0.4, -0.2) is 45.1 Å². The summed E-state index contributed by atoms with van der Waals surface area (Å²) in [5.74, 6) is 0. The molecule has 0 aliphatic rings. The van der Waals surface area contributed by atoms with Gasteiger partial charge in [0.15, 0.2) is 0 Å². The number of nitrogens with two attached hydrogens (primary N) is 1. The summed E-state index contributed by atoms with van der Waals surface area (Å²) in [6.07, 6.45) is -4.57. The molecule has 0 aromatic rings. The number of halogens is 3. The van der Waals surface area contributed by atoms with Gasteiger partial charge in [-0.25, -0.2) is 4.72 Å². The topological polar surface area (TPSA) is 75.4 Å². The van der Waals surface area contributed by atoms with Crippen LogP contribution in [0.5, 0.6) is 0 Å². The van der Waals surface area contributed by atoms with Crippen LogP contribution in [-0.2, 0) is 10.2 Å². The fourth-order valence-corrected chi connectivity index (χ4v) is 2.11. The molecule has 0 saturated heterocycles. The molecular formula is C6H14F3N3O2S. The Balaban J connectivity index is 4.66. The summed E-state index contributed by atoms with van der Waals surface area (Å²) in [6, 6.07) is 0. The predicted molar refractivity (Wildman–Crippen MR) is 49.3 cm³/mol. The number of alkyl halides is 3. The highest BCUT2D eigenvalue weighted by atomic mass is 32.2. The SMILES string of the molecule is CCNS(=O)(=O)N(CCN)CC(F)(F)F. The highest BCUT2D eigenvalue weighted by molar-refractivity contribution is 7.87. The van der Waals surface area contributed by atoms with Gasteiger partial charge in [0, 0.05) is 19.6 Å². The van der Waals surface area contributed by atoms with E-state index in [1.165, 1.54) is 6.92 Å². The maximum atomic E-state index is 12.0. The smallest absolute Gasteiger partial charge is 0.329 e. The number of hydrogen-bond acceptors (Lipinski definition) is 3. The Hall–Kier alpha value is -0.380. The van der Waals surface area contributed by atoms with Crippen LogP contribution >= 0.6 is 0 Å². The molecule has 5 nitrogen and oxygen atoms in total. The van der Waals surface area contributed by atoms with Crippen LogP contribution in [0.25, 0.3) is 0 Å². The summed E-state index contributed by atoms with van der Waals surface area (Å²) in [4.78, 5) is 0. The van der Waals surface area contributed by atoms with Crippen molar-refractivity contribution in [3.05, 3.63) is 0 Å². The summed E-state index contributed by atoms with van der Waals surface area (Å²) in [5.41, 5.74) is 5.04. The molecule has 0 unspecified atom stereocenters. The Kier molecular flexibility index (Phi) is 5.49. The minimum atomic E-state index is -4.57. The monoisotopic (exact) mass is 249 g/mol. The van der Waals surface area contributed by atoms with Gasteiger partial charge in [-0.2, -0.15) is 25.9 Å². The molecule has 0 amide bonds. The minimum absolute atomic E-state index is 0.0290. The van der Waals surface area contributed by atoms with E-state index in [-0.39, 0.29) is 23.9 Å². The van der Waals surface area contributed by atoms with Crippen molar-refractivity contribution < 1.29 is 21.6 Å². The zero-order valence-corrected chi connectivity index (χ0v) is 9.03. The molecule has 9 heteroatoms. The predicted octanol–water partition coefficient (Wildman–Crippen LogP) is -0.336. The second-order valence-corrected chi connectivity index (χ2v) is 4.50. The summed E-state index contributed by atoms with van der Waals surface area (Å²) in [7, 11) is -4.08. The lowest BCUT2D eigenvalue weighted by Crippen LogP contribution is -2.47. The Labute approximate surface area is 86.6 Å². The van der Waals surface area contributed by atoms with Gasteiger partial charge in [-0.3, -0.25) is 0 Å². The molecule has 3 N–H and O–H groups in total. The van der Waals surface area contributed by atoms with E-state index in [9.17, 15) is 21.6 Å². The van der Waals surface area contributed by atoms with Crippen LogP contribution in [0.15, 0.2) is 0 Å². The molecule has 0 aromatic carbocycles. The molecule has 0 radical (unpaired) electrons. The van der Waals surface area contributed by atoms with E-state index < -0.39 is 22.9 Å². The lowest BCUT2D eigenvalue weighted by atomic mass is 10.5. The van der Waals surface area contributed by atoms with Gasteiger partial charge in [-0.15, -0.1) is 0 Å². The second-order valence-electron chi connectivity index (χ2n) is 2.74. The maximum Gasteiger partial charge on any atom is 0.402 e. The zero-order valence-electron chi connectivity index (χ0n) is 8.21. The standard InChI is InChI=1S/C6H14F3N3O2S/c1-2-11-15(13,14)12(4-3-10)5-6(7,8)9/h11H,2-5,10H2,1H3. The summed E-state index contributed by atoms with van der Waals surface area (Å²) >= 11 is 0. The van der Waals surface area contributed by atoms with Gasteiger partial charge in [-0.1, -0.05) is 6.92 Å². The fraction of sp³-hybridized carbons (Fsp3) is 1.00. The second kappa shape index (κ2) is 5.64. The lowest BCUT2D eigenvalue weighted by Gasteiger charge is -2.22. The normalized spacial score (nSPS) is 13.5.